The standard InChI is InChI=1S/C19H39N5O4/c1-3-8-18(26)17(24-16(2)25)15-28-19(27)23-14-7-13-22-11-5-4-10-21-12-6-9-20/h3,8,17-18,21-22,26H,4-7,9-15,20H2,1-2H3,(H,23,27)(H,24,25)/b8-3+/t17-,18+/m0/s1. The number of aliphatic hydroxyl groups excluding tert-OH is 1. The van der Waals surface area contributed by atoms with E-state index >= 15 is 0 Å². The van der Waals surface area contributed by atoms with Crippen LogP contribution in [-0.4, -0.2) is 75.1 Å². The molecule has 164 valence electrons. The van der Waals surface area contributed by atoms with Crippen molar-refractivity contribution in [2.24, 2.45) is 5.73 Å². The average Bonchev–Trinajstić information content (AvgIpc) is 2.65. The molecule has 9 nitrogen and oxygen atoms in total. The third-order valence-electron chi connectivity index (χ3n) is 3.90. The molecule has 0 saturated carbocycles. The van der Waals surface area contributed by atoms with Gasteiger partial charge in [0.2, 0.25) is 5.91 Å². The third-order valence-corrected chi connectivity index (χ3v) is 3.90. The highest BCUT2D eigenvalue weighted by Gasteiger charge is 2.19. The number of unbranched alkanes of at least 4 members (excludes halogenated alkanes) is 1. The van der Waals surface area contributed by atoms with Crippen molar-refractivity contribution < 1.29 is 19.4 Å². The van der Waals surface area contributed by atoms with E-state index in [2.05, 4.69) is 21.3 Å². The topological polar surface area (TPSA) is 138 Å². The van der Waals surface area contributed by atoms with Crippen LogP contribution >= 0.6 is 0 Å². The number of aliphatic hydroxyl groups is 1. The van der Waals surface area contributed by atoms with Crippen molar-refractivity contribution in [3.05, 3.63) is 12.2 Å². The van der Waals surface area contributed by atoms with Crippen LogP contribution in [0.2, 0.25) is 0 Å². The SMILES string of the molecule is C/C=C/[C@@H](O)[C@H](COC(=O)NCCCNCCCCNCCCN)NC(C)=O. The second-order valence-electron chi connectivity index (χ2n) is 6.55. The summed E-state index contributed by atoms with van der Waals surface area (Å²) in [6.07, 6.45) is 5.75. The molecule has 0 fully saturated rings. The first-order valence-corrected chi connectivity index (χ1v) is 10.1. The molecule has 0 aromatic carbocycles. The normalized spacial score (nSPS) is 13.3. The minimum absolute atomic E-state index is 0.103. The van der Waals surface area contributed by atoms with Gasteiger partial charge in [-0.3, -0.25) is 4.79 Å². The average molecular weight is 402 g/mol. The lowest BCUT2D eigenvalue weighted by Gasteiger charge is -2.21. The summed E-state index contributed by atoms with van der Waals surface area (Å²) in [6.45, 7) is 7.98. The Hall–Kier alpha value is -1.68. The Bertz CT molecular complexity index is 435. The predicted molar refractivity (Wildman–Crippen MR) is 111 cm³/mol. The fourth-order valence-electron chi connectivity index (χ4n) is 2.42. The van der Waals surface area contributed by atoms with Crippen LogP contribution in [0.1, 0.15) is 39.5 Å². The Labute approximate surface area is 168 Å². The van der Waals surface area contributed by atoms with Crippen LogP contribution in [-0.2, 0) is 9.53 Å². The summed E-state index contributed by atoms with van der Waals surface area (Å²) < 4.78 is 5.08. The molecule has 7 N–H and O–H groups in total. The maximum absolute atomic E-state index is 11.7. The van der Waals surface area contributed by atoms with Crippen molar-refractivity contribution in [1.29, 1.82) is 0 Å². The van der Waals surface area contributed by atoms with Gasteiger partial charge in [-0.1, -0.05) is 12.2 Å². The summed E-state index contributed by atoms with van der Waals surface area (Å²) >= 11 is 0. The maximum atomic E-state index is 11.7. The zero-order valence-electron chi connectivity index (χ0n) is 17.3. The molecule has 0 bridgehead atoms. The van der Waals surface area contributed by atoms with Crippen LogP contribution in [0.3, 0.4) is 0 Å². The van der Waals surface area contributed by atoms with Crippen LogP contribution in [0, 0.1) is 0 Å². The van der Waals surface area contributed by atoms with Gasteiger partial charge in [-0.2, -0.15) is 0 Å². The highest BCUT2D eigenvalue weighted by molar-refractivity contribution is 5.73. The predicted octanol–water partition coefficient (Wildman–Crippen LogP) is -0.147. The fraction of sp³-hybridized carbons (Fsp3) is 0.789. The summed E-state index contributed by atoms with van der Waals surface area (Å²) in [5.74, 6) is -0.296. The summed E-state index contributed by atoms with van der Waals surface area (Å²) in [7, 11) is 0. The van der Waals surface area contributed by atoms with E-state index in [1.807, 2.05) is 0 Å². The highest BCUT2D eigenvalue weighted by atomic mass is 16.5. The van der Waals surface area contributed by atoms with Gasteiger partial charge in [0, 0.05) is 13.5 Å². The van der Waals surface area contributed by atoms with E-state index in [0.29, 0.717) is 6.54 Å². The number of nitrogens with two attached hydrogens (primary N) is 1. The van der Waals surface area contributed by atoms with E-state index in [1.165, 1.54) is 13.0 Å². The van der Waals surface area contributed by atoms with Crippen LogP contribution in [0.4, 0.5) is 4.79 Å². The monoisotopic (exact) mass is 401 g/mol. The lowest BCUT2D eigenvalue weighted by Crippen LogP contribution is -2.46. The Morgan fingerprint density at radius 2 is 1.64 bits per heavy atom. The Morgan fingerprint density at radius 1 is 1.04 bits per heavy atom. The van der Waals surface area contributed by atoms with Crippen LogP contribution in [0.5, 0.6) is 0 Å². The van der Waals surface area contributed by atoms with Crippen LogP contribution < -0.4 is 27.0 Å². The first kappa shape index (κ1) is 26.3. The van der Waals surface area contributed by atoms with Gasteiger partial charge in [-0.25, -0.2) is 4.79 Å². The van der Waals surface area contributed by atoms with Crippen LogP contribution in [0.15, 0.2) is 12.2 Å². The molecular weight excluding hydrogens is 362 g/mol. The number of ether oxygens (including phenoxy) is 1. The van der Waals surface area contributed by atoms with E-state index in [-0.39, 0.29) is 12.5 Å². The minimum Gasteiger partial charge on any atom is -0.447 e. The molecule has 0 rings (SSSR count). The van der Waals surface area contributed by atoms with E-state index in [0.717, 1.165) is 58.4 Å². The maximum Gasteiger partial charge on any atom is 0.407 e. The number of nitrogens with one attached hydrogen (secondary N) is 4. The molecule has 2 amide bonds. The summed E-state index contributed by atoms with van der Waals surface area (Å²) in [4.78, 5) is 22.9. The zero-order chi connectivity index (χ0) is 21.0. The van der Waals surface area contributed by atoms with E-state index < -0.39 is 18.2 Å². The Morgan fingerprint density at radius 3 is 2.21 bits per heavy atom. The number of alkyl carbamates (subject to hydrolysis) is 1. The molecule has 0 aliphatic carbocycles. The van der Waals surface area contributed by atoms with Gasteiger partial charge in [-0.15, -0.1) is 0 Å². The molecule has 0 aromatic heterocycles. The van der Waals surface area contributed by atoms with E-state index in [9.17, 15) is 14.7 Å². The second-order valence-corrected chi connectivity index (χ2v) is 6.55. The molecule has 0 aliphatic rings. The Balaban J connectivity index is 3.66. The molecule has 0 unspecified atom stereocenters. The van der Waals surface area contributed by atoms with Crippen LogP contribution in [0.25, 0.3) is 0 Å². The molecule has 2 atom stereocenters. The molecule has 0 saturated heterocycles. The van der Waals surface area contributed by atoms with Gasteiger partial charge in [0.05, 0.1) is 12.1 Å². The molecule has 0 aliphatic heterocycles. The van der Waals surface area contributed by atoms with Crippen molar-refractivity contribution in [2.75, 3.05) is 45.9 Å². The third kappa shape index (κ3) is 16.5. The smallest absolute Gasteiger partial charge is 0.407 e. The number of hydrogen-bond donors (Lipinski definition) is 6. The number of amides is 2. The number of carbonyl (C=O) groups excluding carboxylic acids is 2. The largest absolute Gasteiger partial charge is 0.447 e. The van der Waals surface area contributed by atoms with Gasteiger partial charge in [-0.05, 0) is 65.3 Å². The number of carbonyl (C=O) groups is 2. The van der Waals surface area contributed by atoms with Crippen molar-refractivity contribution >= 4 is 12.0 Å². The second kappa shape index (κ2) is 18.7. The first-order valence-electron chi connectivity index (χ1n) is 10.1. The molecule has 0 radical (unpaired) electrons. The first-order chi connectivity index (χ1) is 13.5. The quantitative estimate of drug-likeness (QED) is 0.147. The summed E-state index contributed by atoms with van der Waals surface area (Å²) in [5.41, 5.74) is 5.43. The molecule has 0 aromatic rings. The van der Waals surface area contributed by atoms with Gasteiger partial charge in [0.1, 0.15) is 6.61 Å². The summed E-state index contributed by atoms with van der Waals surface area (Å²) in [6, 6.07) is -0.675. The zero-order valence-corrected chi connectivity index (χ0v) is 17.3. The van der Waals surface area contributed by atoms with E-state index in [4.69, 9.17) is 10.5 Å². The van der Waals surface area contributed by atoms with Gasteiger partial charge in [0.15, 0.2) is 0 Å². The fourth-order valence-corrected chi connectivity index (χ4v) is 2.42. The van der Waals surface area contributed by atoms with Gasteiger partial charge < -0.3 is 36.8 Å². The van der Waals surface area contributed by atoms with Crippen molar-refractivity contribution in [2.45, 2.75) is 51.7 Å². The number of rotatable bonds is 17. The molecule has 0 spiro atoms. The highest BCUT2D eigenvalue weighted by Crippen LogP contribution is 1.98. The lowest BCUT2D eigenvalue weighted by molar-refractivity contribution is -0.120. The van der Waals surface area contributed by atoms with Gasteiger partial charge >= 0.3 is 6.09 Å². The molecule has 28 heavy (non-hydrogen) atoms. The lowest BCUT2D eigenvalue weighted by atomic mass is 10.1. The Kier molecular flexibility index (Phi) is 17.6. The van der Waals surface area contributed by atoms with Crippen molar-refractivity contribution in [1.82, 2.24) is 21.3 Å². The van der Waals surface area contributed by atoms with Crippen molar-refractivity contribution in [3.63, 3.8) is 0 Å². The minimum atomic E-state index is -0.915. The molecule has 9 heteroatoms. The number of hydrogen-bond acceptors (Lipinski definition) is 7. The van der Waals surface area contributed by atoms with E-state index in [1.54, 1.807) is 13.0 Å². The number of allylic oxidation sites excluding steroid dienone is 1. The van der Waals surface area contributed by atoms with Gasteiger partial charge in [0.25, 0.3) is 0 Å². The molecule has 0 heterocycles. The van der Waals surface area contributed by atoms with Crippen molar-refractivity contribution in [3.8, 4) is 0 Å². The summed E-state index contributed by atoms with van der Waals surface area (Å²) in [5, 5.41) is 21.8. The molecular formula is C19H39N5O4.